The third kappa shape index (κ3) is 3.54. The second-order valence-corrected chi connectivity index (χ2v) is 7.32. The summed E-state index contributed by atoms with van der Waals surface area (Å²) in [6, 6.07) is 8.26. The van der Waals surface area contributed by atoms with Crippen molar-refractivity contribution in [2.24, 2.45) is 0 Å². The van der Waals surface area contributed by atoms with E-state index in [4.69, 9.17) is 4.74 Å². The van der Waals surface area contributed by atoms with Crippen LogP contribution in [0.4, 0.5) is 4.79 Å². The van der Waals surface area contributed by atoms with Crippen LogP contribution in [0.3, 0.4) is 0 Å². The molecule has 4 heteroatoms. The van der Waals surface area contributed by atoms with E-state index < -0.39 is 5.60 Å². The number of hydrogen-bond donors (Lipinski definition) is 1. The minimum Gasteiger partial charge on any atom is -0.444 e. The van der Waals surface area contributed by atoms with Crippen LogP contribution in [-0.2, 0) is 10.2 Å². The molecule has 0 saturated heterocycles. The van der Waals surface area contributed by atoms with Crippen LogP contribution in [0, 0.1) is 0 Å². The van der Waals surface area contributed by atoms with Gasteiger partial charge in [0.05, 0.1) is 0 Å². The maximum Gasteiger partial charge on any atom is 0.407 e. The Kier molecular flexibility index (Phi) is 4.43. The van der Waals surface area contributed by atoms with E-state index >= 15 is 0 Å². The summed E-state index contributed by atoms with van der Waals surface area (Å²) >= 11 is 3.62. The summed E-state index contributed by atoms with van der Waals surface area (Å²) in [5, 5.41) is 2.93. The summed E-state index contributed by atoms with van der Waals surface area (Å²) in [4.78, 5) is 11.8. The van der Waals surface area contributed by atoms with E-state index in [-0.39, 0.29) is 11.5 Å². The summed E-state index contributed by atoms with van der Waals surface area (Å²) in [6.07, 6.45) is 3.07. The first-order valence-corrected chi connectivity index (χ1v) is 7.84. The molecule has 0 atom stereocenters. The van der Waals surface area contributed by atoms with Crippen molar-refractivity contribution < 1.29 is 9.53 Å². The molecular formula is C16H22BrNO2. The van der Waals surface area contributed by atoms with Crippen molar-refractivity contribution in [2.45, 2.75) is 51.0 Å². The zero-order chi connectivity index (χ0) is 14.8. The number of benzene rings is 1. The van der Waals surface area contributed by atoms with Crippen molar-refractivity contribution in [2.75, 3.05) is 6.54 Å². The molecule has 0 radical (unpaired) electrons. The van der Waals surface area contributed by atoms with Gasteiger partial charge in [-0.3, -0.25) is 0 Å². The van der Waals surface area contributed by atoms with Gasteiger partial charge in [-0.1, -0.05) is 40.5 Å². The molecule has 1 aliphatic rings. The first-order valence-electron chi connectivity index (χ1n) is 7.04. The van der Waals surface area contributed by atoms with Gasteiger partial charge in [-0.25, -0.2) is 4.79 Å². The van der Waals surface area contributed by atoms with E-state index in [9.17, 15) is 4.79 Å². The molecule has 3 nitrogen and oxygen atoms in total. The Balaban J connectivity index is 2.03. The number of carbonyl (C=O) groups excluding carboxylic acids is 1. The molecule has 0 unspecified atom stereocenters. The largest absolute Gasteiger partial charge is 0.444 e. The fraction of sp³-hybridized carbons (Fsp3) is 0.562. The topological polar surface area (TPSA) is 38.3 Å². The quantitative estimate of drug-likeness (QED) is 0.886. The summed E-state index contributed by atoms with van der Waals surface area (Å²) < 4.78 is 6.42. The zero-order valence-electron chi connectivity index (χ0n) is 12.3. The summed E-state index contributed by atoms with van der Waals surface area (Å²) in [5.74, 6) is 0. The van der Waals surface area contributed by atoms with E-state index in [1.165, 1.54) is 12.0 Å². The number of nitrogens with one attached hydrogen (secondary N) is 1. The fourth-order valence-electron chi connectivity index (χ4n) is 2.59. The van der Waals surface area contributed by atoms with Crippen molar-refractivity contribution in [3.63, 3.8) is 0 Å². The second kappa shape index (κ2) is 5.76. The molecule has 1 amide bonds. The minimum absolute atomic E-state index is 0.0526. The van der Waals surface area contributed by atoms with Crippen LogP contribution in [0.2, 0.25) is 0 Å². The van der Waals surface area contributed by atoms with Crippen LogP contribution in [0.15, 0.2) is 28.7 Å². The highest BCUT2D eigenvalue weighted by molar-refractivity contribution is 9.10. The van der Waals surface area contributed by atoms with Gasteiger partial charge in [0.1, 0.15) is 5.60 Å². The van der Waals surface area contributed by atoms with E-state index in [1.807, 2.05) is 32.9 Å². The van der Waals surface area contributed by atoms with E-state index in [1.54, 1.807) is 0 Å². The summed E-state index contributed by atoms with van der Waals surface area (Å²) in [6.45, 7) is 6.25. The van der Waals surface area contributed by atoms with Crippen molar-refractivity contribution in [3.8, 4) is 0 Å². The zero-order valence-corrected chi connectivity index (χ0v) is 13.9. The molecular weight excluding hydrogens is 318 g/mol. The van der Waals surface area contributed by atoms with Crippen LogP contribution < -0.4 is 5.32 Å². The Morgan fingerprint density at radius 3 is 2.50 bits per heavy atom. The lowest BCUT2D eigenvalue weighted by Crippen LogP contribution is -2.46. The molecule has 0 aliphatic heterocycles. The van der Waals surface area contributed by atoms with E-state index in [0.29, 0.717) is 6.54 Å². The Labute approximate surface area is 129 Å². The van der Waals surface area contributed by atoms with Crippen LogP contribution in [0.1, 0.15) is 45.6 Å². The predicted molar refractivity (Wildman–Crippen MR) is 83.9 cm³/mol. The van der Waals surface area contributed by atoms with Crippen molar-refractivity contribution in [1.82, 2.24) is 5.32 Å². The van der Waals surface area contributed by atoms with Crippen LogP contribution in [0.25, 0.3) is 0 Å². The lowest BCUT2D eigenvalue weighted by Gasteiger charge is -2.43. The standard InChI is InChI=1S/C16H22BrNO2/c1-15(2,3)20-14(19)18-11-16(9-6-10-16)12-7-4-5-8-13(12)17/h4-5,7-8H,6,9-11H2,1-3H3,(H,18,19). The van der Waals surface area contributed by atoms with Gasteiger partial charge in [0, 0.05) is 16.4 Å². The van der Waals surface area contributed by atoms with Crippen LogP contribution >= 0.6 is 15.9 Å². The molecule has 0 bridgehead atoms. The van der Waals surface area contributed by atoms with Gasteiger partial charge in [0.15, 0.2) is 0 Å². The highest BCUT2D eigenvalue weighted by atomic mass is 79.9. The highest BCUT2D eigenvalue weighted by Gasteiger charge is 2.40. The lowest BCUT2D eigenvalue weighted by molar-refractivity contribution is 0.0499. The Bertz CT molecular complexity index is 489. The lowest BCUT2D eigenvalue weighted by atomic mass is 9.64. The highest BCUT2D eigenvalue weighted by Crippen LogP contribution is 2.45. The van der Waals surface area contributed by atoms with Gasteiger partial charge < -0.3 is 10.1 Å². The Morgan fingerprint density at radius 2 is 2.00 bits per heavy atom. The fourth-order valence-corrected chi connectivity index (χ4v) is 3.30. The maximum atomic E-state index is 11.8. The normalized spacial score (nSPS) is 17.2. The first kappa shape index (κ1) is 15.4. The second-order valence-electron chi connectivity index (χ2n) is 6.47. The molecule has 0 aromatic heterocycles. The molecule has 2 rings (SSSR count). The Hall–Kier alpha value is -1.03. The molecule has 0 spiro atoms. The van der Waals surface area contributed by atoms with Crippen LogP contribution in [-0.4, -0.2) is 18.2 Å². The van der Waals surface area contributed by atoms with Gasteiger partial charge in [-0.05, 0) is 45.2 Å². The SMILES string of the molecule is CC(C)(C)OC(=O)NCC1(c2ccccc2Br)CCC1. The van der Waals surface area contributed by atoms with Gasteiger partial charge >= 0.3 is 6.09 Å². The average Bonchev–Trinajstić information content (AvgIpc) is 2.27. The van der Waals surface area contributed by atoms with Crippen LogP contribution in [0.5, 0.6) is 0 Å². The smallest absolute Gasteiger partial charge is 0.407 e. The van der Waals surface area contributed by atoms with Gasteiger partial charge in [0.25, 0.3) is 0 Å². The number of carbonyl (C=O) groups is 1. The predicted octanol–water partition coefficient (Wildman–Crippen LogP) is 4.40. The molecule has 1 saturated carbocycles. The van der Waals surface area contributed by atoms with Crippen molar-refractivity contribution in [1.29, 1.82) is 0 Å². The number of amides is 1. The van der Waals surface area contributed by atoms with E-state index in [0.717, 1.165) is 17.3 Å². The third-order valence-corrected chi connectivity index (χ3v) is 4.42. The van der Waals surface area contributed by atoms with Gasteiger partial charge in [-0.2, -0.15) is 0 Å². The number of halogens is 1. The van der Waals surface area contributed by atoms with E-state index in [2.05, 4.69) is 33.4 Å². The molecule has 1 fully saturated rings. The molecule has 110 valence electrons. The van der Waals surface area contributed by atoms with Gasteiger partial charge in [-0.15, -0.1) is 0 Å². The van der Waals surface area contributed by atoms with Crippen molar-refractivity contribution >= 4 is 22.0 Å². The number of hydrogen-bond acceptors (Lipinski definition) is 2. The Morgan fingerprint density at radius 1 is 1.35 bits per heavy atom. The molecule has 1 aromatic rings. The maximum absolute atomic E-state index is 11.8. The molecule has 0 heterocycles. The monoisotopic (exact) mass is 339 g/mol. The minimum atomic E-state index is -0.454. The molecule has 1 aliphatic carbocycles. The van der Waals surface area contributed by atoms with Crippen molar-refractivity contribution in [3.05, 3.63) is 34.3 Å². The molecule has 1 aromatic carbocycles. The average molecular weight is 340 g/mol. The number of rotatable bonds is 3. The first-order chi connectivity index (χ1) is 9.32. The number of ether oxygens (including phenoxy) is 1. The third-order valence-electron chi connectivity index (χ3n) is 3.73. The molecule has 1 N–H and O–H groups in total. The molecule has 20 heavy (non-hydrogen) atoms. The summed E-state index contributed by atoms with van der Waals surface area (Å²) in [7, 11) is 0. The summed E-state index contributed by atoms with van der Waals surface area (Å²) in [5.41, 5.74) is 0.878. The number of alkyl carbamates (subject to hydrolysis) is 1. The van der Waals surface area contributed by atoms with Gasteiger partial charge in [0.2, 0.25) is 0 Å².